The number of ether oxygens (including phenoxy) is 4. The summed E-state index contributed by atoms with van der Waals surface area (Å²) in [4.78, 5) is 50.3. The third-order valence-corrected chi connectivity index (χ3v) is 3.69. The van der Waals surface area contributed by atoms with Gasteiger partial charge in [-0.15, -0.1) is 0 Å². The summed E-state index contributed by atoms with van der Waals surface area (Å²) < 4.78 is 21.7. The second kappa shape index (κ2) is 8.62. The topological polar surface area (TPSA) is 149 Å². The summed E-state index contributed by atoms with van der Waals surface area (Å²) in [6.07, 6.45) is -1.19. The quantitative estimate of drug-likeness (QED) is 0.516. The number of rotatable bonds is 6. The minimum Gasteiger partial charge on any atom is -0.463 e. The molecule has 1 aromatic rings. The molecule has 2 heterocycles. The monoisotopic (exact) mass is 383 g/mol. The number of carbonyl (C=O) groups excluding carboxylic acids is 3. The van der Waals surface area contributed by atoms with Crippen molar-refractivity contribution in [2.45, 2.75) is 45.6 Å². The van der Waals surface area contributed by atoms with Crippen LogP contribution in [0.1, 0.15) is 43.8 Å². The average molecular weight is 383 g/mol. The van der Waals surface area contributed by atoms with Crippen molar-refractivity contribution in [2.24, 2.45) is 0 Å². The molecular formula is C16H21N3O8. The lowest BCUT2D eigenvalue weighted by Gasteiger charge is -2.21. The lowest BCUT2D eigenvalue weighted by atomic mass is 10.2. The first-order chi connectivity index (χ1) is 12.7. The SMILES string of the molecule is CCOC(=O)c1cn([C@@H]2O[C@H](COC(C)=O)C[C@H]2OC(C)=O)c(=O)nc1N. The lowest BCUT2D eigenvalue weighted by molar-refractivity contribution is -0.153. The molecule has 11 nitrogen and oxygen atoms in total. The molecule has 0 radical (unpaired) electrons. The number of anilines is 1. The van der Waals surface area contributed by atoms with Crippen molar-refractivity contribution in [3.8, 4) is 0 Å². The van der Waals surface area contributed by atoms with E-state index in [1.165, 1.54) is 13.8 Å². The number of carbonyl (C=O) groups is 3. The highest BCUT2D eigenvalue weighted by molar-refractivity contribution is 5.93. The Morgan fingerprint density at radius 1 is 1.30 bits per heavy atom. The molecule has 0 aromatic carbocycles. The van der Waals surface area contributed by atoms with Crippen LogP contribution in [0.4, 0.5) is 5.82 Å². The molecule has 0 amide bonds. The molecule has 1 aliphatic heterocycles. The summed E-state index contributed by atoms with van der Waals surface area (Å²) in [7, 11) is 0. The van der Waals surface area contributed by atoms with Gasteiger partial charge in [0.15, 0.2) is 6.23 Å². The molecule has 0 spiro atoms. The van der Waals surface area contributed by atoms with Crippen LogP contribution >= 0.6 is 0 Å². The Morgan fingerprint density at radius 2 is 2.00 bits per heavy atom. The molecule has 0 saturated carbocycles. The third-order valence-electron chi connectivity index (χ3n) is 3.69. The van der Waals surface area contributed by atoms with Gasteiger partial charge in [-0.3, -0.25) is 14.2 Å². The zero-order chi connectivity index (χ0) is 20.1. The van der Waals surface area contributed by atoms with Crippen LogP contribution in [0, 0.1) is 0 Å². The second-order valence-corrected chi connectivity index (χ2v) is 5.78. The zero-order valence-electron chi connectivity index (χ0n) is 15.2. The highest BCUT2D eigenvalue weighted by Crippen LogP contribution is 2.31. The number of esters is 3. The smallest absolute Gasteiger partial charge is 0.351 e. The van der Waals surface area contributed by atoms with Crippen molar-refractivity contribution >= 4 is 23.7 Å². The molecule has 2 N–H and O–H groups in total. The van der Waals surface area contributed by atoms with Crippen LogP contribution in [0.2, 0.25) is 0 Å². The summed E-state index contributed by atoms with van der Waals surface area (Å²) in [5.74, 6) is -2.12. The van der Waals surface area contributed by atoms with Crippen molar-refractivity contribution in [3.63, 3.8) is 0 Å². The molecule has 1 fully saturated rings. The fourth-order valence-corrected chi connectivity index (χ4v) is 2.63. The molecule has 11 heteroatoms. The molecule has 0 bridgehead atoms. The largest absolute Gasteiger partial charge is 0.463 e. The maximum absolute atomic E-state index is 12.3. The molecule has 0 aliphatic carbocycles. The van der Waals surface area contributed by atoms with Crippen LogP contribution in [0.5, 0.6) is 0 Å². The van der Waals surface area contributed by atoms with Gasteiger partial charge in [0.05, 0.1) is 12.7 Å². The van der Waals surface area contributed by atoms with Crippen molar-refractivity contribution in [3.05, 3.63) is 22.2 Å². The van der Waals surface area contributed by atoms with Crippen LogP contribution in [-0.4, -0.2) is 52.9 Å². The van der Waals surface area contributed by atoms with Gasteiger partial charge in [0.2, 0.25) is 0 Å². The van der Waals surface area contributed by atoms with Gasteiger partial charge in [0.25, 0.3) is 0 Å². The van der Waals surface area contributed by atoms with E-state index in [0.29, 0.717) is 0 Å². The minimum absolute atomic E-state index is 0.0779. The van der Waals surface area contributed by atoms with Gasteiger partial charge in [-0.05, 0) is 6.92 Å². The van der Waals surface area contributed by atoms with Crippen LogP contribution in [0.25, 0.3) is 0 Å². The van der Waals surface area contributed by atoms with E-state index >= 15 is 0 Å². The van der Waals surface area contributed by atoms with Gasteiger partial charge < -0.3 is 24.7 Å². The Morgan fingerprint density at radius 3 is 2.59 bits per heavy atom. The van der Waals surface area contributed by atoms with Crippen molar-refractivity contribution in [1.29, 1.82) is 0 Å². The van der Waals surface area contributed by atoms with Crippen LogP contribution < -0.4 is 11.4 Å². The summed E-state index contributed by atoms with van der Waals surface area (Å²) in [6.45, 7) is 4.11. The van der Waals surface area contributed by atoms with Crippen molar-refractivity contribution in [2.75, 3.05) is 18.9 Å². The molecule has 3 atom stereocenters. The van der Waals surface area contributed by atoms with E-state index in [0.717, 1.165) is 10.8 Å². The van der Waals surface area contributed by atoms with Crippen LogP contribution in [0.3, 0.4) is 0 Å². The number of nitrogens with zero attached hydrogens (tertiary/aromatic N) is 2. The average Bonchev–Trinajstić information content (AvgIpc) is 2.95. The number of hydrogen-bond acceptors (Lipinski definition) is 10. The molecule has 1 saturated heterocycles. The summed E-state index contributed by atoms with van der Waals surface area (Å²) in [5.41, 5.74) is 4.72. The van der Waals surface area contributed by atoms with Gasteiger partial charge in [0.1, 0.15) is 24.1 Å². The highest BCUT2D eigenvalue weighted by Gasteiger charge is 2.40. The van der Waals surface area contributed by atoms with E-state index in [-0.39, 0.29) is 31.0 Å². The predicted octanol–water partition coefficient (Wildman–Crippen LogP) is -0.215. The first-order valence-corrected chi connectivity index (χ1v) is 8.24. The van der Waals surface area contributed by atoms with Gasteiger partial charge in [-0.1, -0.05) is 0 Å². The Labute approximate surface area is 154 Å². The fraction of sp³-hybridized carbons (Fsp3) is 0.562. The van der Waals surface area contributed by atoms with E-state index in [1.807, 2.05) is 0 Å². The van der Waals surface area contributed by atoms with E-state index < -0.39 is 42.0 Å². The van der Waals surface area contributed by atoms with E-state index in [4.69, 9.17) is 24.7 Å². The summed E-state index contributed by atoms with van der Waals surface area (Å²) in [6, 6.07) is 0. The molecular weight excluding hydrogens is 362 g/mol. The zero-order valence-corrected chi connectivity index (χ0v) is 15.2. The molecule has 148 valence electrons. The first kappa shape index (κ1) is 20.4. The minimum atomic E-state index is -1.07. The standard InChI is InChI=1S/C16H21N3O8/c1-4-24-15(22)11-6-19(16(23)18-13(11)17)14-12(26-9(3)21)5-10(27-14)7-25-8(2)20/h6,10,12,14H,4-5,7H2,1-3H3,(H2,17,18,23)/t10-,12+,14+/m0/s1. The highest BCUT2D eigenvalue weighted by atomic mass is 16.6. The predicted molar refractivity (Wildman–Crippen MR) is 89.6 cm³/mol. The van der Waals surface area contributed by atoms with Gasteiger partial charge in [-0.2, -0.15) is 4.98 Å². The first-order valence-electron chi connectivity index (χ1n) is 8.24. The van der Waals surface area contributed by atoms with E-state index in [9.17, 15) is 19.2 Å². The van der Waals surface area contributed by atoms with E-state index in [2.05, 4.69) is 4.98 Å². The Balaban J connectivity index is 2.35. The second-order valence-electron chi connectivity index (χ2n) is 5.78. The normalized spacial score (nSPS) is 21.5. The van der Waals surface area contributed by atoms with Crippen molar-refractivity contribution < 1.29 is 33.3 Å². The summed E-state index contributed by atoms with van der Waals surface area (Å²) in [5, 5.41) is 0. The lowest BCUT2D eigenvalue weighted by Crippen LogP contribution is -2.35. The molecule has 1 aromatic heterocycles. The number of hydrogen-bond donors (Lipinski definition) is 1. The number of aromatic nitrogens is 2. The number of nitrogens with two attached hydrogens (primary N) is 1. The van der Waals surface area contributed by atoms with Gasteiger partial charge in [-0.25, -0.2) is 9.59 Å². The van der Waals surface area contributed by atoms with Crippen LogP contribution in [0.15, 0.2) is 11.0 Å². The summed E-state index contributed by atoms with van der Waals surface area (Å²) >= 11 is 0. The molecule has 27 heavy (non-hydrogen) atoms. The third kappa shape index (κ3) is 5.03. The maximum atomic E-state index is 12.3. The Bertz CT molecular complexity index is 790. The Kier molecular flexibility index (Phi) is 6.50. The maximum Gasteiger partial charge on any atom is 0.351 e. The molecule has 1 aliphatic rings. The van der Waals surface area contributed by atoms with Gasteiger partial charge in [0, 0.05) is 26.5 Å². The molecule has 2 rings (SSSR count). The van der Waals surface area contributed by atoms with Crippen LogP contribution in [-0.2, 0) is 28.5 Å². The van der Waals surface area contributed by atoms with Gasteiger partial charge >= 0.3 is 23.6 Å². The fourth-order valence-electron chi connectivity index (χ4n) is 2.63. The Hall–Kier alpha value is -2.95. The van der Waals surface area contributed by atoms with E-state index in [1.54, 1.807) is 6.92 Å². The van der Waals surface area contributed by atoms with Crippen molar-refractivity contribution in [1.82, 2.24) is 9.55 Å². The molecule has 0 unspecified atom stereocenters. The number of nitrogen functional groups attached to an aromatic ring is 1.